The van der Waals surface area contributed by atoms with Crippen LogP contribution < -0.4 is 0 Å². The zero-order chi connectivity index (χ0) is 36.7. The Hall–Kier alpha value is -7.63. The second-order valence-electron chi connectivity index (χ2n) is 14.3. The van der Waals surface area contributed by atoms with Gasteiger partial charge in [-0.15, -0.1) is 0 Å². The summed E-state index contributed by atoms with van der Waals surface area (Å²) in [4.78, 5) is 16.0. The van der Waals surface area contributed by atoms with Gasteiger partial charge in [0.05, 0.1) is 11.0 Å². The minimum atomic E-state index is 0.591. The van der Waals surface area contributed by atoms with E-state index in [0.717, 1.165) is 98.4 Å². The van der Waals surface area contributed by atoms with Gasteiger partial charge in [-0.1, -0.05) is 146 Å². The Morgan fingerprint density at radius 1 is 0.357 bits per heavy atom. The van der Waals surface area contributed by atoms with E-state index < -0.39 is 0 Å². The lowest BCUT2D eigenvalue weighted by Crippen LogP contribution is -2.01. The van der Waals surface area contributed by atoms with Gasteiger partial charge in [0.15, 0.2) is 17.5 Å². The lowest BCUT2D eigenvalue weighted by Gasteiger charge is -2.12. The molecule has 12 rings (SSSR count). The van der Waals surface area contributed by atoms with Gasteiger partial charge in [-0.25, -0.2) is 15.0 Å². The second kappa shape index (κ2) is 11.9. The van der Waals surface area contributed by atoms with Gasteiger partial charge in [-0.3, -0.25) is 0 Å². The number of hydrogen-bond donors (Lipinski definition) is 0. The standard InChI is InChI=1S/C51H30N4O/c1-3-16-33(17-4-1)49-52-50(40-23-13-25-43-45(40)38-22-11-12-24-42(38)55(43)35-18-5-2-6-19-35)54-51(53-49)41-30-34-27-26-31-14-7-9-20-36(31)44(34)48-46(41)39-29-28-32-15-8-10-21-37(32)47(39)56-48/h1-30H. The Balaban J connectivity index is 1.21. The molecule has 3 heterocycles. The van der Waals surface area contributed by atoms with Crippen molar-refractivity contribution in [3.05, 3.63) is 182 Å². The molecule has 5 nitrogen and oxygen atoms in total. The topological polar surface area (TPSA) is 56.7 Å². The van der Waals surface area contributed by atoms with Crippen LogP contribution in [0.4, 0.5) is 0 Å². The Kier molecular flexibility index (Phi) is 6.56. The summed E-state index contributed by atoms with van der Waals surface area (Å²) in [5.74, 6) is 1.81. The van der Waals surface area contributed by atoms with Crippen LogP contribution in [0, 0.1) is 0 Å². The normalized spacial score (nSPS) is 11.9. The highest BCUT2D eigenvalue weighted by Crippen LogP contribution is 2.45. The highest BCUT2D eigenvalue weighted by Gasteiger charge is 2.24. The first-order valence-electron chi connectivity index (χ1n) is 18.9. The van der Waals surface area contributed by atoms with Crippen molar-refractivity contribution in [1.29, 1.82) is 0 Å². The van der Waals surface area contributed by atoms with Crippen LogP contribution in [0.25, 0.3) is 116 Å². The maximum Gasteiger partial charge on any atom is 0.164 e. The molecule has 0 atom stereocenters. The van der Waals surface area contributed by atoms with Crippen molar-refractivity contribution in [3.8, 4) is 39.9 Å². The number of rotatable bonds is 4. The van der Waals surface area contributed by atoms with E-state index in [-0.39, 0.29) is 0 Å². The van der Waals surface area contributed by atoms with E-state index in [9.17, 15) is 0 Å². The lowest BCUT2D eigenvalue weighted by atomic mass is 9.95. The molecule has 0 amide bonds. The van der Waals surface area contributed by atoms with Crippen molar-refractivity contribution in [2.24, 2.45) is 0 Å². The number of aromatic nitrogens is 4. The predicted molar refractivity (Wildman–Crippen MR) is 230 cm³/mol. The van der Waals surface area contributed by atoms with E-state index >= 15 is 0 Å². The van der Waals surface area contributed by atoms with Crippen LogP contribution in [0.5, 0.6) is 0 Å². The van der Waals surface area contributed by atoms with E-state index in [2.05, 4.69) is 168 Å². The summed E-state index contributed by atoms with van der Waals surface area (Å²) in [7, 11) is 0. The van der Waals surface area contributed by atoms with Crippen LogP contribution in [0.3, 0.4) is 0 Å². The summed E-state index contributed by atoms with van der Waals surface area (Å²) < 4.78 is 9.38. The average Bonchev–Trinajstić information content (AvgIpc) is 3.83. The molecule has 0 unspecified atom stereocenters. The molecule has 0 aliphatic rings. The summed E-state index contributed by atoms with van der Waals surface area (Å²) in [5.41, 5.74) is 7.76. The van der Waals surface area contributed by atoms with Crippen LogP contribution in [-0.2, 0) is 0 Å². The lowest BCUT2D eigenvalue weighted by molar-refractivity contribution is 0.677. The molecule has 0 saturated heterocycles. The zero-order valence-corrected chi connectivity index (χ0v) is 30.0. The van der Waals surface area contributed by atoms with Gasteiger partial charge >= 0.3 is 0 Å². The molecule has 0 saturated carbocycles. The average molecular weight is 715 g/mol. The zero-order valence-electron chi connectivity index (χ0n) is 30.0. The SMILES string of the molecule is c1ccc(-c2nc(-c3cc4ccc5ccccc5c4c4oc5c6ccccc6ccc5c34)nc(-c3cccc4c3c3ccccc3n4-c3ccccc3)n2)cc1. The Bertz CT molecular complexity index is 3530. The van der Waals surface area contributed by atoms with Crippen molar-refractivity contribution in [1.82, 2.24) is 19.5 Å². The van der Waals surface area contributed by atoms with E-state index in [0.29, 0.717) is 17.5 Å². The van der Waals surface area contributed by atoms with E-state index in [1.165, 1.54) is 0 Å². The molecule has 0 N–H and O–H groups in total. The molecule has 0 spiro atoms. The number of benzene rings is 9. The molecule has 260 valence electrons. The molecule has 56 heavy (non-hydrogen) atoms. The van der Waals surface area contributed by atoms with Crippen LogP contribution in [0.15, 0.2) is 186 Å². The van der Waals surface area contributed by atoms with Crippen LogP contribution >= 0.6 is 0 Å². The molecule has 5 heteroatoms. The minimum absolute atomic E-state index is 0.591. The Morgan fingerprint density at radius 3 is 1.79 bits per heavy atom. The number of hydrogen-bond acceptors (Lipinski definition) is 4. The monoisotopic (exact) mass is 714 g/mol. The van der Waals surface area contributed by atoms with Crippen LogP contribution in [0.2, 0.25) is 0 Å². The molecule has 0 aliphatic heterocycles. The Morgan fingerprint density at radius 2 is 0.964 bits per heavy atom. The van der Waals surface area contributed by atoms with Gasteiger partial charge in [0.2, 0.25) is 0 Å². The van der Waals surface area contributed by atoms with Crippen molar-refractivity contribution in [2.45, 2.75) is 0 Å². The third-order valence-electron chi connectivity index (χ3n) is 11.2. The van der Waals surface area contributed by atoms with Crippen molar-refractivity contribution < 1.29 is 4.42 Å². The molecular weight excluding hydrogens is 685 g/mol. The molecule has 3 aromatic heterocycles. The van der Waals surface area contributed by atoms with Gasteiger partial charge in [0, 0.05) is 54.7 Å². The first-order chi connectivity index (χ1) is 27.8. The molecule has 0 aliphatic carbocycles. The molecule has 0 fully saturated rings. The highest BCUT2D eigenvalue weighted by atomic mass is 16.3. The first-order valence-corrected chi connectivity index (χ1v) is 18.9. The Labute approximate surface area is 320 Å². The maximum absolute atomic E-state index is 7.06. The fraction of sp³-hybridized carbons (Fsp3) is 0. The fourth-order valence-electron chi connectivity index (χ4n) is 8.73. The molecule has 12 aromatic rings. The first kappa shape index (κ1) is 30.8. The van der Waals surface area contributed by atoms with Crippen LogP contribution in [0.1, 0.15) is 0 Å². The predicted octanol–water partition coefficient (Wildman–Crippen LogP) is 13.3. The smallest absolute Gasteiger partial charge is 0.164 e. The molecular formula is C51H30N4O. The maximum atomic E-state index is 7.06. The largest absolute Gasteiger partial charge is 0.455 e. The number of nitrogens with zero attached hydrogens (tertiary/aromatic N) is 4. The van der Waals surface area contributed by atoms with Crippen molar-refractivity contribution in [2.75, 3.05) is 0 Å². The molecule has 0 radical (unpaired) electrons. The van der Waals surface area contributed by atoms with Gasteiger partial charge in [0.25, 0.3) is 0 Å². The highest BCUT2D eigenvalue weighted by molar-refractivity contribution is 6.29. The van der Waals surface area contributed by atoms with E-state index in [1.807, 2.05) is 18.2 Å². The van der Waals surface area contributed by atoms with Gasteiger partial charge in [0.1, 0.15) is 11.2 Å². The molecule has 0 bridgehead atoms. The molecule has 9 aromatic carbocycles. The second-order valence-corrected chi connectivity index (χ2v) is 14.3. The third-order valence-corrected chi connectivity index (χ3v) is 11.2. The number of furan rings is 1. The van der Waals surface area contributed by atoms with Gasteiger partial charge in [-0.2, -0.15) is 0 Å². The third kappa shape index (κ3) is 4.52. The van der Waals surface area contributed by atoms with Crippen molar-refractivity contribution in [3.63, 3.8) is 0 Å². The summed E-state index contributed by atoms with van der Waals surface area (Å²) in [6.45, 7) is 0. The van der Waals surface area contributed by atoms with Crippen LogP contribution in [-0.4, -0.2) is 19.5 Å². The van der Waals surface area contributed by atoms with E-state index in [4.69, 9.17) is 19.4 Å². The fourth-order valence-corrected chi connectivity index (χ4v) is 8.73. The summed E-state index contributed by atoms with van der Waals surface area (Å²) in [6, 6.07) is 63.7. The summed E-state index contributed by atoms with van der Waals surface area (Å²) in [5, 5.41) is 10.9. The van der Waals surface area contributed by atoms with E-state index in [1.54, 1.807) is 0 Å². The number of para-hydroxylation sites is 2. The quantitative estimate of drug-likeness (QED) is 0.170. The number of fused-ring (bicyclic) bond motifs is 12. The van der Waals surface area contributed by atoms with Gasteiger partial charge in [-0.05, 0) is 57.9 Å². The summed E-state index contributed by atoms with van der Waals surface area (Å²) >= 11 is 0. The van der Waals surface area contributed by atoms with Crippen molar-refractivity contribution >= 4 is 76.1 Å². The van der Waals surface area contributed by atoms with Gasteiger partial charge < -0.3 is 8.98 Å². The minimum Gasteiger partial charge on any atom is -0.455 e. The summed E-state index contributed by atoms with van der Waals surface area (Å²) in [6.07, 6.45) is 0.